The van der Waals surface area contributed by atoms with Crippen molar-refractivity contribution in [3.63, 3.8) is 0 Å². The Bertz CT molecular complexity index is 886. The predicted molar refractivity (Wildman–Crippen MR) is 118 cm³/mol. The van der Waals surface area contributed by atoms with Crippen molar-refractivity contribution in [3.05, 3.63) is 59.7 Å². The summed E-state index contributed by atoms with van der Waals surface area (Å²) in [5.74, 6) is 0.950. The first-order valence-corrected chi connectivity index (χ1v) is 10.7. The molecule has 2 aromatic carbocycles. The first kappa shape index (κ1) is 22.6. The van der Waals surface area contributed by atoms with Crippen LogP contribution in [-0.4, -0.2) is 74.7 Å². The van der Waals surface area contributed by atoms with E-state index in [1.54, 1.807) is 41.2 Å². The molecule has 1 aliphatic heterocycles. The smallest absolute Gasteiger partial charge is 0.257 e. The second kappa shape index (κ2) is 11.4. The van der Waals surface area contributed by atoms with E-state index in [0.717, 1.165) is 0 Å². The lowest BCUT2D eigenvalue weighted by atomic mass is 10.1. The Morgan fingerprint density at radius 2 is 1.35 bits per heavy atom. The van der Waals surface area contributed by atoms with Crippen LogP contribution in [0.2, 0.25) is 0 Å². The number of amides is 2. The van der Waals surface area contributed by atoms with Crippen LogP contribution >= 0.6 is 0 Å². The average Bonchev–Trinajstić information content (AvgIpc) is 3.07. The number of para-hydroxylation sites is 2. The Morgan fingerprint density at radius 1 is 0.806 bits per heavy atom. The number of carbonyl (C=O) groups is 2. The molecular weight excluding hydrogens is 396 g/mol. The minimum absolute atomic E-state index is 0.0774. The SMILES string of the molecule is CCOCCOc1ccccc1C(=O)N1CCCN(C(=O)c2ccccc2OC)CC1. The molecule has 31 heavy (non-hydrogen) atoms. The van der Waals surface area contributed by atoms with Crippen molar-refractivity contribution in [2.75, 3.05) is 53.1 Å². The fourth-order valence-corrected chi connectivity index (χ4v) is 3.61. The Morgan fingerprint density at radius 3 is 1.94 bits per heavy atom. The minimum atomic E-state index is -0.0846. The standard InChI is InChI=1S/C24H30N2O5/c1-3-30-17-18-31-22-12-7-5-10-20(22)24(28)26-14-8-13-25(15-16-26)23(27)19-9-4-6-11-21(19)29-2/h4-7,9-12H,3,8,13-18H2,1-2H3. The highest BCUT2D eigenvalue weighted by atomic mass is 16.5. The zero-order chi connectivity index (χ0) is 22.1. The second-order valence-electron chi connectivity index (χ2n) is 7.18. The van der Waals surface area contributed by atoms with Crippen molar-refractivity contribution in [3.8, 4) is 11.5 Å². The summed E-state index contributed by atoms with van der Waals surface area (Å²) in [6, 6.07) is 14.5. The topological polar surface area (TPSA) is 68.3 Å². The van der Waals surface area contributed by atoms with Gasteiger partial charge in [0.1, 0.15) is 18.1 Å². The normalized spacial score (nSPS) is 14.1. The van der Waals surface area contributed by atoms with E-state index >= 15 is 0 Å². The van der Waals surface area contributed by atoms with Crippen molar-refractivity contribution >= 4 is 11.8 Å². The van der Waals surface area contributed by atoms with Gasteiger partial charge in [0.25, 0.3) is 11.8 Å². The first-order chi connectivity index (χ1) is 15.2. The zero-order valence-corrected chi connectivity index (χ0v) is 18.2. The molecule has 0 saturated carbocycles. The van der Waals surface area contributed by atoms with Crippen LogP contribution in [0.15, 0.2) is 48.5 Å². The monoisotopic (exact) mass is 426 g/mol. The zero-order valence-electron chi connectivity index (χ0n) is 18.2. The summed E-state index contributed by atoms with van der Waals surface area (Å²) in [4.78, 5) is 29.8. The molecule has 1 heterocycles. The lowest BCUT2D eigenvalue weighted by Gasteiger charge is -2.23. The van der Waals surface area contributed by atoms with Gasteiger partial charge >= 0.3 is 0 Å². The van der Waals surface area contributed by atoms with Crippen molar-refractivity contribution in [1.82, 2.24) is 9.80 Å². The molecule has 7 heteroatoms. The van der Waals surface area contributed by atoms with Crippen LogP contribution in [0.25, 0.3) is 0 Å². The third-order valence-electron chi connectivity index (χ3n) is 5.21. The molecule has 3 rings (SSSR count). The summed E-state index contributed by atoms with van der Waals surface area (Å²) in [6.45, 7) is 5.53. The largest absolute Gasteiger partial charge is 0.496 e. The molecule has 7 nitrogen and oxygen atoms in total. The first-order valence-electron chi connectivity index (χ1n) is 10.7. The van der Waals surface area contributed by atoms with Crippen LogP contribution in [0.1, 0.15) is 34.1 Å². The number of nitrogens with zero attached hydrogens (tertiary/aromatic N) is 2. The van der Waals surface area contributed by atoms with Crippen molar-refractivity contribution in [1.29, 1.82) is 0 Å². The van der Waals surface area contributed by atoms with Gasteiger partial charge in [-0.2, -0.15) is 0 Å². The maximum absolute atomic E-state index is 13.2. The number of hydrogen-bond acceptors (Lipinski definition) is 5. The van der Waals surface area contributed by atoms with Gasteiger partial charge in [-0.3, -0.25) is 9.59 Å². The molecule has 0 aromatic heterocycles. The quantitative estimate of drug-likeness (QED) is 0.607. The maximum Gasteiger partial charge on any atom is 0.257 e. The molecular formula is C24H30N2O5. The van der Waals surface area contributed by atoms with Crippen molar-refractivity contribution in [2.24, 2.45) is 0 Å². The number of benzene rings is 2. The van der Waals surface area contributed by atoms with E-state index in [1.807, 2.05) is 31.2 Å². The minimum Gasteiger partial charge on any atom is -0.496 e. The van der Waals surface area contributed by atoms with E-state index in [0.29, 0.717) is 75.0 Å². The molecule has 0 aliphatic carbocycles. The maximum atomic E-state index is 13.2. The Labute approximate surface area is 183 Å². The van der Waals surface area contributed by atoms with Crippen molar-refractivity contribution in [2.45, 2.75) is 13.3 Å². The van der Waals surface area contributed by atoms with Gasteiger partial charge in [-0.05, 0) is 37.6 Å². The van der Waals surface area contributed by atoms with Gasteiger partial charge in [-0.15, -0.1) is 0 Å². The summed E-state index contributed by atoms with van der Waals surface area (Å²) >= 11 is 0. The van der Waals surface area contributed by atoms with E-state index in [4.69, 9.17) is 14.2 Å². The molecule has 1 aliphatic rings. The fourth-order valence-electron chi connectivity index (χ4n) is 3.61. The molecule has 1 saturated heterocycles. The molecule has 0 radical (unpaired) electrons. The number of hydrogen-bond donors (Lipinski definition) is 0. The van der Waals surface area contributed by atoms with Gasteiger partial charge in [0.2, 0.25) is 0 Å². The Balaban J connectivity index is 1.66. The van der Waals surface area contributed by atoms with Crippen LogP contribution in [0.5, 0.6) is 11.5 Å². The molecule has 0 atom stereocenters. The van der Waals surface area contributed by atoms with E-state index in [2.05, 4.69) is 0 Å². The molecule has 2 amide bonds. The molecule has 0 N–H and O–H groups in total. The Kier molecular flexibility index (Phi) is 8.29. The van der Waals surface area contributed by atoms with Gasteiger partial charge in [0.05, 0.1) is 24.8 Å². The number of carbonyl (C=O) groups excluding carboxylic acids is 2. The molecule has 0 bridgehead atoms. The molecule has 2 aromatic rings. The fraction of sp³-hybridized carbons (Fsp3) is 0.417. The lowest BCUT2D eigenvalue weighted by molar-refractivity contribution is 0.0712. The van der Waals surface area contributed by atoms with Gasteiger partial charge in [-0.25, -0.2) is 0 Å². The highest BCUT2D eigenvalue weighted by Crippen LogP contribution is 2.23. The summed E-state index contributed by atoms with van der Waals surface area (Å²) in [6.07, 6.45) is 0.708. The average molecular weight is 427 g/mol. The van der Waals surface area contributed by atoms with E-state index in [-0.39, 0.29) is 11.8 Å². The highest BCUT2D eigenvalue weighted by molar-refractivity contribution is 5.98. The van der Waals surface area contributed by atoms with Crippen molar-refractivity contribution < 1.29 is 23.8 Å². The van der Waals surface area contributed by atoms with E-state index < -0.39 is 0 Å². The van der Waals surface area contributed by atoms with Crippen LogP contribution in [0.3, 0.4) is 0 Å². The highest BCUT2D eigenvalue weighted by Gasteiger charge is 2.26. The molecule has 1 fully saturated rings. The van der Waals surface area contributed by atoms with Crippen LogP contribution in [-0.2, 0) is 4.74 Å². The number of methoxy groups -OCH3 is 1. The summed E-state index contributed by atoms with van der Waals surface area (Å²) in [5, 5.41) is 0. The summed E-state index contributed by atoms with van der Waals surface area (Å²) in [5.41, 5.74) is 1.07. The number of rotatable bonds is 8. The predicted octanol–water partition coefficient (Wildman–Crippen LogP) is 3.10. The second-order valence-corrected chi connectivity index (χ2v) is 7.18. The third kappa shape index (κ3) is 5.76. The van der Waals surface area contributed by atoms with Crippen LogP contribution in [0.4, 0.5) is 0 Å². The van der Waals surface area contributed by atoms with Gasteiger partial charge < -0.3 is 24.0 Å². The van der Waals surface area contributed by atoms with E-state index in [1.165, 1.54) is 0 Å². The summed E-state index contributed by atoms with van der Waals surface area (Å²) < 4.78 is 16.4. The molecule has 0 unspecified atom stereocenters. The van der Waals surface area contributed by atoms with Crippen LogP contribution < -0.4 is 9.47 Å². The lowest BCUT2D eigenvalue weighted by Crippen LogP contribution is -2.37. The molecule has 166 valence electrons. The van der Waals surface area contributed by atoms with Gasteiger partial charge in [0, 0.05) is 32.8 Å². The Hall–Kier alpha value is -3.06. The van der Waals surface area contributed by atoms with Crippen LogP contribution in [0, 0.1) is 0 Å². The number of ether oxygens (including phenoxy) is 3. The van der Waals surface area contributed by atoms with E-state index in [9.17, 15) is 9.59 Å². The third-order valence-corrected chi connectivity index (χ3v) is 5.21. The van der Waals surface area contributed by atoms with Gasteiger partial charge in [-0.1, -0.05) is 24.3 Å². The summed E-state index contributed by atoms with van der Waals surface area (Å²) in [7, 11) is 1.56. The van der Waals surface area contributed by atoms with Gasteiger partial charge in [0.15, 0.2) is 0 Å². The molecule has 0 spiro atoms.